The molecule has 0 radical (unpaired) electrons. The van der Waals surface area contributed by atoms with E-state index in [1.807, 2.05) is 6.07 Å². The molecule has 5 heteroatoms. The lowest BCUT2D eigenvalue weighted by Gasteiger charge is -1.86. The fourth-order valence-corrected chi connectivity index (χ4v) is 0.633. The number of rotatable bonds is 4. The van der Waals surface area contributed by atoms with Crippen LogP contribution in [0.5, 0.6) is 0 Å². The molecule has 0 aromatic heterocycles. The molecule has 0 saturated heterocycles. The second kappa shape index (κ2) is 16.5. The molecule has 0 aromatic carbocycles. The third-order valence-corrected chi connectivity index (χ3v) is 1.40. The van der Waals surface area contributed by atoms with Crippen LogP contribution in [0, 0.1) is 11.3 Å². The first-order valence-electron chi connectivity index (χ1n) is 3.24. The number of nitrogens with zero attached hydrogens (tertiary/aromatic N) is 1. The minimum atomic E-state index is -0.568. The van der Waals surface area contributed by atoms with Gasteiger partial charge in [0.2, 0.25) is 0 Å². The number of nitriles is 1. The molecule has 0 heterocycles. The number of hydrogen-bond acceptors (Lipinski definition) is 3. The summed E-state index contributed by atoms with van der Waals surface area (Å²) in [5.41, 5.74) is 0. The maximum Gasteiger partial charge on any atom is 0.303 e. The Labute approximate surface area is 75.3 Å². The van der Waals surface area contributed by atoms with E-state index in [2.05, 4.69) is 8.85 Å². The number of unbranched alkanes of at least 4 members (excludes halogenated alkanes) is 1. The molecule has 0 atom stereocenters. The number of halogens is 1. The van der Waals surface area contributed by atoms with Gasteiger partial charge in [0.05, 0.1) is 6.07 Å². The summed E-state index contributed by atoms with van der Waals surface area (Å²) in [6.07, 6.45) is 1.40. The average molecular weight is 196 g/mol. The van der Waals surface area contributed by atoms with Crippen LogP contribution < -0.4 is 0 Å². The zero-order chi connectivity index (χ0) is 8.95. The summed E-state index contributed by atoms with van der Waals surface area (Å²) in [5.74, 6) is 0.605. The molecule has 0 spiro atoms. The highest BCUT2D eigenvalue weighted by Gasteiger charge is 1.76. The predicted molar refractivity (Wildman–Crippen MR) is 48.1 cm³/mol. The van der Waals surface area contributed by atoms with E-state index in [0.717, 1.165) is 6.42 Å². The van der Waals surface area contributed by atoms with Crippen molar-refractivity contribution in [2.24, 2.45) is 0 Å². The molecule has 0 aliphatic rings. The molecule has 11 heavy (non-hydrogen) atoms. The van der Waals surface area contributed by atoms with Gasteiger partial charge in [0.1, 0.15) is 0 Å². The van der Waals surface area contributed by atoms with E-state index in [1.54, 1.807) is 14.2 Å². The molecular formula is C6H14ClNO2Si. The van der Waals surface area contributed by atoms with E-state index in [4.69, 9.17) is 16.9 Å². The highest BCUT2D eigenvalue weighted by atomic mass is 35.5. The molecule has 66 valence electrons. The summed E-state index contributed by atoms with van der Waals surface area (Å²) in [6.45, 7) is 0. The van der Waals surface area contributed by atoms with Gasteiger partial charge in [0.15, 0.2) is 0 Å². The first-order chi connectivity index (χ1) is 5.33. The van der Waals surface area contributed by atoms with Gasteiger partial charge >= 0.3 is 10.0 Å². The second-order valence-corrected chi connectivity index (χ2v) is 3.41. The van der Waals surface area contributed by atoms with Crippen molar-refractivity contribution < 1.29 is 8.85 Å². The van der Waals surface area contributed by atoms with Crippen LogP contribution >= 0.6 is 11.6 Å². The summed E-state index contributed by atoms with van der Waals surface area (Å²) in [6, 6.07) is 1.98. The second-order valence-electron chi connectivity index (χ2n) is 1.65. The molecule has 0 fully saturated rings. The van der Waals surface area contributed by atoms with E-state index in [-0.39, 0.29) is 0 Å². The normalized spacial score (nSPS) is 7.82. The van der Waals surface area contributed by atoms with E-state index in [9.17, 15) is 0 Å². The van der Waals surface area contributed by atoms with Gasteiger partial charge in [0, 0.05) is 26.5 Å². The standard InChI is InChI=1S/C4H6ClN.C2H8O2Si/c5-3-1-2-4-6;1-3-5-4-2/h1-3H2;5H2,1-2H3. The molecule has 3 nitrogen and oxygen atoms in total. The molecule has 0 saturated carbocycles. The van der Waals surface area contributed by atoms with Crippen molar-refractivity contribution in [2.45, 2.75) is 12.8 Å². The third kappa shape index (κ3) is 25.7. The molecule has 0 N–H and O–H groups in total. The Bertz CT molecular complexity index is 95.1. The lowest BCUT2D eigenvalue weighted by Crippen LogP contribution is -1.93. The van der Waals surface area contributed by atoms with Crippen molar-refractivity contribution in [1.29, 1.82) is 5.26 Å². The van der Waals surface area contributed by atoms with Gasteiger partial charge in [-0.2, -0.15) is 5.26 Å². The Morgan fingerprint density at radius 3 is 2.09 bits per heavy atom. The first-order valence-corrected chi connectivity index (χ1v) is 4.93. The summed E-state index contributed by atoms with van der Waals surface area (Å²) >= 11 is 5.23. The van der Waals surface area contributed by atoms with Crippen molar-refractivity contribution in [3.05, 3.63) is 0 Å². The third-order valence-electron chi connectivity index (χ3n) is 0.658. The van der Waals surface area contributed by atoms with Crippen molar-refractivity contribution in [2.75, 3.05) is 20.1 Å². The van der Waals surface area contributed by atoms with Gasteiger partial charge in [-0.15, -0.1) is 11.6 Å². The van der Waals surface area contributed by atoms with Crippen LogP contribution in [-0.2, 0) is 8.85 Å². The Morgan fingerprint density at radius 1 is 1.45 bits per heavy atom. The predicted octanol–water partition coefficient (Wildman–Crippen LogP) is 0.807. The fourth-order valence-electron chi connectivity index (χ4n) is 0.264. The number of hydrogen-bond donors (Lipinski definition) is 0. The Balaban J connectivity index is 0. The smallest absolute Gasteiger partial charge is 0.303 e. The van der Waals surface area contributed by atoms with Gasteiger partial charge in [-0.05, 0) is 6.42 Å². The molecule has 0 rings (SSSR count). The number of alkyl halides is 1. The quantitative estimate of drug-likeness (QED) is 0.379. The summed E-state index contributed by atoms with van der Waals surface area (Å²) in [7, 11) is 2.73. The van der Waals surface area contributed by atoms with E-state index < -0.39 is 10.0 Å². The van der Waals surface area contributed by atoms with E-state index in [1.165, 1.54) is 0 Å². The largest absolute Gasteiger partial charge is 0.402 e. The van der Waals surface area contributed by atoms with Crippen LogP contribution in [0.3, 0.4) is 0 Å². The van der Waals surface area contributed by atoms with Crippen LogP contribution in [0.25, 0.3) is 0 Å². The van der Waals surface area contributed by atoms with Gasteiger partial charge < -0.3 is 8.85 Å². The van der Waals surface area contributed by atoms with Gasteiger partial charge in [-0.1, -0.05) is 0 Å². The van der Waals surface area contributed by atoms with Crippen molar-refractivity contribution in [3.8, 4) is 6.07 Å². The molecule has 0 aliphatic carbocycles. The van der Waals surface area contributed by atoms with Crippen molar-refractivity contribution >= 4 is 21.6 Å². The van der Waals surface area contributed by atoms with E-state index in [0.29, 0.717) is 12.3 Å². The maximum atomic E-state index is 7.89. The van der Waals surface area contributed by atoms with Gasteiger partial charge in [0.25, 0.3) is 0 Å². The zero-order valence-electron chi connectivity index (χ0n) is 6.97. The van der Waals surface area contributed by atoms with Gasteiger partial charge in [-0.3, -0.25) is 0 Å². The zero-order valence-corrected chi connectivity index (χ0v) is 9.14. The van der Waals surface area contributed by atoms with Gasteiger partial charge in [-0.25, -0.2) is 0 Å². The lowest BCUT2D eigenvalue weighted by molar-refractivity contribution is 0.309. The molecule has 0 aromatic rings. The summed E-state index contributed by atoms with van der Waals surface area (Å²) in [4.78, 5) is 0. The fraction of sp³-hybridized carbons (Fsp3) is 0.833. The van der Waals surface area contributed by atoms with Crippen molar-refractivity contribution in [1.82, 2.24) is 0 Å². The highest BCUT2D eigenvalue weighted by molar-refractivity contribution is 6.17. The van der Waals surface area contributed by atoms with Crippen LogP contribution in [-0.4, -0.2) is 30.1 Å². The molecule has 0 amide bonds. The highest BCUT2D eigenvalue weighted by Crippen LogP contribution is 1.86. The van der Waals surface area contributed by atoms with Crippen LogP contribution in [0.4, 0.5) is 0 Å². The molecule has 0 unspecified atom stereocenters. The minimum Gasteiger partial charge on any atom is -0.402 e. The summed E-state index contributed by atoms with van der Waals surface area (Å²) in [5, 5.41) is 7.89. The minimum absolute atomic E-state index is 0.568. The van der Waals surface area contributed by atoms with Crippen LogP contribution in [0.2, 0.25) is 0 Å². The SMILES string of the molecule is CO[SiH2]OC.N#CCCCCl. The average Bonchev–Trinajstić information content (AvgIpc) is 2.04. The molecular weight excluding hydrogens is 182 g/mol. The van der Waals surface area contributed by atoms with E-state index >= 15 is 0 Å². The molecule has 0 bridgehead atoms. The van der Waals surface area contributed by atoms with Crippen LogP contribution in [0.1, 0.15) is 12.8 Å². The molecule has 0 aliphatic heterocycles. The Morgan fingerprint density at radius 2 is 2.00 bits per heavy atom. The van der Waals surface area contributed by atoms with Crippen molar-refractivity contribution in [3.63, 3.8) is 0 Å². The Hall–Kier alpha value is -0.0831. The summed E-state index contributed by atoms with van der Waals surface area (Å²) < 4.78 is 9.22. The maximum absolute atomic E-state index is 7.89. The van der Waals surface area contributed by atoms with Crippen LogP contribution in [0.15, 0.2) is 0 Å². The topological polar surface area (TPSA) is 42.2 Å². The Kier molecular flexibility index (Phi) is 20.2. The first kappa shape index (κ1) is 13.5. The lowest BCUT2D eigenvalue weighted by atomic mass is 10.4. The monoisotopic (exact) mass is 195 g/mol.